The lowest BCUT2D eigenvalue weighted by Crippen LogP contribution is -2.08. The molecule has 0 aliphatic rings. The molecule has 0 radical (unpaired) electrons. The number of ether oxygens (including phenoxy) is 1. The monoisotopic (exact) mass is 293 g/mol. The number of carbonyl (C=O) groups is 1. The van der Waals surface area contributed by atoms with Crippen LogP contribution >= 0.6 is 11.6 Å². The molecule has 0 saturated carbocycles. The van der Waals surface area contributed by atoms with Crippen molar-refractivity contribution >= 4 is 23.3 Å². The Morgan fingerprint density at radius 3 is 2.85 bits per heavy atom. The number of methoxy groups -OCH3 is 1. The van der Waals surface area contributed by atoms with Crippen LogP contribution in [0.1, 0.15) is 28.9 Å². The van der Waals surface area contributed by atoms with E-state index in [0.717, 1.165) is 11.3 Å². The van der Waals surface area contributed by atoms with Crippen molar-refractivity contribution in [2.75, 3.05) is 12.4 Å². The molecule has 1 unspecified atom stereocenters. The summed E-state index contributed by atoms with van der Waals surface area (Å²) in [7, 11) is 3.20. The SMILES string of the molecule is COC(=O)c1cc(NC(C)c2cnn(C)c2)ccc1Cl. The van der Waals surface area contributed by atoms with E-state index in [-0.39, 0.29) is 6.04 Å². The molecule has 1 aromatic heterocycles. The number of anilines is 1. The first-order valence-electron chi connectivity index (χ1n) is 6.14. The zero-order chi connectivity index (χ0) is 14.7. The first-order valence-corrected chi connectivity index (χ1v) is 6.52. The number of aromatic nitrogens is 2. The van der Waals surface area contributed by atoms with Crippen molar-refractivity contribution in [3.8, 4) is 0 Å². The average molecular weight is 294 g/mol. The number of nitrogens with one attached hydrogen (secondary N) is 1. The maximum absolute atomic E-state index is 11.6. The molecule has 0 amide bonds. The molecule has 20 heavy (non-hydrogen) atoms. The van der Waals surface area contributed by atoms with Crippen molar-refractivity contribution in [3.63, 3.8) is 0 Å². The van der Waals surface area contributed by atoms with Gasteiger partial charge in [-0.05, 0) is 25.1 Å². The zero-order valence-corrected chi connectivity index (χ0v) is 12.3. The van der Waals surface area contributed by atoms with E-state index in [2.05, 4.69) is 10.4 Å². The molecule has 0 bridgehead atoms. The van der Waals surface area contributed by atoms with E-state index in [1.54, 1.807) is 23.0 Å². The molecule has 1 aromatic carbocycles. The highest BCUT2D eigenvalue weighted by molar-refractivity contribution is 6.33. The van der Waals surface area contributed by atoms with Gasteiger partial charge in [-0.1, -0.05) is 11.6 Å². The molecule has 6 heteroatoms. The number of hydrogen-bond acceptors (Lipinski definition) is 4. The molecule has 5 nitrogen and oxygen atoms in total. The Balaban J connectivity index is 2.19. The summed E-state index contributed by atoms with van der Waals surface area (Å²) in [5, 5.41) is 7.80. The normalized spacial score (nSPS) is 12.0. The fourth-order valence-electron chi connectivity index (χ4n) is 1.88. The number of benzene rings is 1. The summed E-state index contributed by atoms with van der Waals surface area (Å²) in [4.78, 5) is 11.6. The number of nitrogens with zero attached hydrogens (tertiary/aromatic N) is 2. The highest BCUT2D eigenvalue weighted by Crippen LogP contribution is 2.24. The van der Waals surface area contributed by atoms with E-state index in [1.165, 1.54) is 7.11 Å². The molecule has 2 aromatic rings. The first-order chi connectivity index (χ1) is 9.51. The molecule has 0 spiro atoms. The fourth-order valence-corrected chi connectivity index (χ4v) is 2.07. The smallest absolute Gasteiger partial charge is 0.339 e. The Bertz CT molecular complexity index is 625. The van der Waals surface area contributed by atoms with Crippen LogP contribution in [0.25, 0.3) is 0 Å². The number of esters is 1. The van der Waals surface area contributed by atoms with Gasteiger partial charge in [-0.2, -0.15) is 5.10 Å². The Kier molecular flexibility index (Phi) is 4.29. The van der Waals surface area contributed by atoms with Crippen molar-refractivity contribution in [2.45, 2.75) is 13.0 Å². The van der Waals surface area contributed by atoms with Crippen LogP contribution in [-0.2, 0) is 11.8 Å². The summed E-state index contributed by atoms with van der Waals surface area (Å²) in [6.45, 7) is 2.02. The number of aryl methyl sites for hydroxylation is 1. The summed E-state index contributed by atoms with van der Waals surface area (Å²) in [6.07, 6.45) is 3.74. The number of rotatable bonds is 4. The predicted octanol–water partition coefficient (Wildman–Crippen LogP) is 3.03. The van der Waals surface area contributed by atoms with Crippen LogP contribution in [0.15, 0.2) is 30.6 Å². The van der Waals surface area contributed by atoms with Gasteiger partial charge in [0.15, 0.2) is 0 Å². The third-order valence-electron chi connectivity index (χ3n) is 2.98. The van der Waals surface area contributed by atoms with E-state index in [9.17, 15) is 4.79 Å². The minimum absolute atomic E-state index is 0.0652. The molecule has 2 rings (SSSR count). The Morgan fingerprint density at radius 2 is 2.25 bits per heavy atom. The summed E-state index contributed by atoms with van der Waals surface area (Å²) < 4.78 is 6.45. The third kappa shape index (κ3) is 3.11. The lowest BCUT2D eigenvalue weighted by atomic mass is 10.1. The molecule has 1 N–H and O–H groups in total. The summed E-state index contributed by atoms with van der Waals surface area (Å²) in [5.41, 5.74) is 2.20. The van der Waals surface area contributed by atoms with Crippen LogP contribution in [0.3, 0.4) is 0 Å². The molecule has 1 atom stereocenters. The second-order valence-electron chi connectivity index (χ2n) is 4.50. The molecule has 0 aliphatic carbocycles. The Labute approximate surface area is 122 Å². The zero-order valence-electron chi connectivity index (χ0n) is 11.6. The van der Waals surface area contributed by atoms with Gasteiger partial charge in [0.05, 0.1) is 29.9 Å². The van der Waals surface area contributed by atoms with E-state index in [4.69, 9.17) is 16.3 Å². The largest absolute Gasteiger partial charge is 0.465 e. The Morgan fingerprint density at radius 1 is 1.50 bits per heavy atom. The lowest BCUT2D eigenvalue weighted by molar-refractivity contribution is 0.0601. The van der Waals surface area contributed by atoms with E-state index in [1.807, 2.05) is 26.2 Å². The molecule has 1 heterocycles. The minimum atomic E-state index is -0.451. The van der Waals surface area contributed by atoms with Gasteiger partial charge in [-0.3, -0.25) is 4.68 Å². The average Bonchev–Trinajstić information content (AvgIpc) is 2.87. The van der Waals surface area contributed by atoms with Gasteiger partial charge in [0, 0.05) is 24.5 Å². The second kappa shape index (κ2) is 5.96. The van der Waals surface area contributed by atoms with Crippen molar-refractivity contribution in [3.05, 3.63) is 46.7 Å². The molecule has 0 saturated heterocycles. The van der Waals surface area contributed by atoms with Gasteiger partial charge < -0.3 is 10.1 Å². The summed E-state index contributed by atoms with van der Waals surface area (Å²) >= 11 is 5.98. The predicted molar refractivity (Wildman–Crippen MR) is 78.0 cm³/mol. The van der Waals surface area contributed by atoms with Crippen LogP contribution in [-0.4, -0.2) is 22.9 Å². The minimum Gasteiger partial charge on any atom is -0.465 e. The molecule has 106 valence electrons. The highest BCUT2D eigenvalue weighted by atomic mass is 35.5. The van der Waals surface area contributed by atoms with Crippen LogP contribution in [0.5, 0.6) is 0 Å². The van der Waals surface area contributed by atoms with Crippen molar-refractivity contribution in [1.29, 1.82) is 0 Å². The molecule has 0 fully saturated rings. The number of hydrogen-bond donors (Lipinski definition) is 1. The van der Waals surface area contributed by atoms with Gasteiger partial charge in [0.2, 0.25) is 0 Å². The molecular formula is C14H16ClN3O2. The van der Waals surface area contributed by atoms with Gasteiger partial charge in [0.25, 0.3) is 0 Å². The molecular weight excluding hydrogens is 278 g/mol. The van der Waals surface area contributed by atoms with Crippen LogP contribution < -0.4 is 5.32 Å². The lowest BCUT2D eigenvalue weighted by Gasteiger charge is -2.14. The third-order valence-corrected chi connectivity index (χ3v) is 3.31. The van der Waals surface area contributed by atoms with Gasteiger partial charge in [-0.15, -0.1) is 0 Å². The van der Waals surface area contributed by atoms with Crippen LogP contribution in [0.2, 0.25) is 5.02 Å². The van der Waals surface area contributed by atoms with Gasteiger partial charge >= 0.3 is 5.97 Å². The Hall–Kier alpha value is -2.01. The summed E-state index contributed by atoms with van der Waals surface area (Å²) in [5.74, 6) is -0.451. The van der Waals surface area contributed by atoms with Crippen molar-refractivity contribution in [2.24, 2.45) is 7.05 Å². The van der Waals surface area contributed by atoms with E-state index in [0.29, 0.717) is 10.6 Å². The maximum atomic E-state index is 11.6. The van der Waals surface area contributed by atoms with Crippen LogP contribution in [0, 0.1) is 0 Å². The second-order valence-corrected chi connectivity index (χ2v) is 4.91. The van der Waals surface area contributed by atoms with Gasteiger partial charge in [0.1, 0.15) is 0 Å². The van der Waals surface area contributed by atoms with E-state index < -0.39 is 5.97 Å². The van der Waals surface area contributed by atoms with Crippen molar-refractivity contribution in [1.82, 2.24) is 9.78 Å². The quantitative estimate of drug-likeness (QED) is 0.880. The first kappa shape index (κ1) is 14.4. The van der Waals surface area contributed by atoms with E-state index >= 15 is 0 Å². The van der Waals surface area contributed by atoms with Gasteiger partial charge in [-0.25, -0.2) is 4.79 Å². The standard InChI is InChI=1S/C14H16ClN3O2/c1-9(10-7-16-18(2)8-10)17-11-4-5-13(15)12(6-11)14(19)20-3/h4-9,17H,1-3H3. The maximum Gasteiger partial charge on any atom is 0.339 e. The molecule has 0 aliphatic heterocycles. The fraction of sp³-hybridized carbons (Fsp3) is 0.286. The number of halogens is 1. The topological polar surface area (TPSA) is 56.1 Å². The highest BCUT2D eigenvalue weighted by Gasteiger charge is 2.13. The van der Waals surface area contributed by atoms with Crippen molar-refractivity contribution < 1.29 is 9.53 Å². The summed E-state index contributed by atoms with van der Waals surface area (Å²) in [6, 6.07) is 5.24. The van der Waals surface area contributed by atoms with Crippen LogP contribution in [0.4, 0.5) is 5.69 Å². The number of carbonyl (C=O) groups excluding carboxylic acids is 1.